The van der Waals surface area contributed by atoms with E-state index in [0.29, 0.717) is 47.8 Å². The van der Waals surface area contributed by atoms with Crippen LogP contribution in [0.15, 0.2) is 78.6 Å². The van der Waals surface area contributed by atoms with E-state index >= 15 is 0 Å². The normalized spacial score (nSPS) is 16.7. The number of aliphatic hydroxyl groups excluding tert-OH is 1. The van der Waals surface area contributed by atoms with Crippen molar-refractivity contribution < 1.29 is 29.0 Å². The Morgan fingerprint density at radius 3 is 2.47 bits per heavy atom. The van der Waals surface area contributed by atoms with Crippen molar-refractivity contribution in [3.8, 4) is 5.75 Å². The Hall–Kier alpha value is -4.46. The SMILES string of the molecule is CCCOC(=O)c1ccc(N2C(=O)C(=O)/C(=C(/O)c3cccc(OCC)c3)C2c2cccnc2)cc1. The van der Waals surface area contributed by atoms with Gasteiger partial charge < -0.3 is 14.6 Å². The molecule has 1 aromatic heterocycles. The molecule has 3 aromatic rings. The van der Waals surface area contributed by atoms with Crippen molar-refractivity contribution in [3.05, 3.63) is 95.3 Å². The van der Waals surface area contributed by atoms with E-state index in [1.807, 2.05) is 13.8 Å². The fourth-order valence-corrected chi connectivity index (χ4v) is 4.04. The molecule has 1 unspecified atom stereocenters. The van der Waals surface area contributed by atoms with Gasteiger partial charge in [-0.2, -0.15) is 0 Å². The highest BCUT2D eigenvalue weighted by Gasteiger charge is 2.47. The van der Waals surface area contributed by atoms with Crippen molar-refractivity contribution in [2.45, 2.75) is 26.3 Å². The first kappa shape index (κ1) is 24.7. The van der Waals surface area contributed by atoms with Gasteiger partial charge in [-0.25, -0.2) is 4.79 Å². The van der Waals surface area contributed by atoms with Gasteiger partial charge in [0.15, 0.2) is 0 Å². The number of hydrogen-bond donors (Lipinski definition) is 1. The minimum absolute atomic E-state index is 0.0620. The molecule has 1 N–H and O–H groups in total. The number of carbonyl (C=O) groups excluding carboxylic acids is 3. The molecule has 0 radical (unpaired) electrons. The van der Waals surface area contributed by atoms with Crippen molar-refractivity contribution >= 4 is 29.1 Å². The Bertz CT molecular complexity index is 1300. The minimum atomic E-state index is -0.924. The number of nitrogens with zero attached hydrogens (tertiary/aromatic N) is 2. The summed E-state index contributed by atoms with van der Waals surface area (Å²) in [6, 6.07) is 15.4. The average molecular weight is 487 g/mol. The molecule has 2 heterocycles. The fourth-order valence-electron chi connectivity index (χ4n) is 4.04. The summed E-state index contributed by atoms with van der Waals surface area (Å²) in [5.41, 5.74) is 1.55. The molecule has 1 fully saturated rings. The van der Waals surface area contributed by atoms with Gasteiger partial charge in [-0.15, -0.1) is 0 Å². The van der Waals surface area contributed by atoms with E-state index in [9.17, 15) is 19.5 Å². The third-order valence-electron chi connectivity index (χ3n) is 5.68. The summed E-state index contributed by atoms with van der Waals surface area (Å²) in [4.78, 5) is 44.2. The van der Waals surface area contributed by atoms with Crippen LogP contribution in [0.1, 0.15) is 47.8 Å². The van der Waals surface area contributed by atoms with Crippen molar-refractivity contribution in [1.29, 1.82) is 0 Å². The molecule has 1 aliphatic rings. The Balaban J connectivity index is 1.80. The quantitative estimate of drug-likeness (QED) is 0.213. The molecule has 184 valence electrons. The number of esters is 1. The predicted octanol–water partition coefficient (Wildman–Crippen LogP) is 4.67. The first-order valence-electron chi connectivity index (χ1n) is 11.7. The Morgan fingerprint density at radius 1 is 1.03 bits per heavy atom. The first-order chi connectivity index (χ1) is 17.5. The first-order valence-corrected chi connectivity index (χ1v) is 11.7. The van der Waals surface area contributed by atoms with Crippen LogP contribution >= 0.6 is 0 Å². The van der Waals surface area contributed by atoms with Crippen LogP contribution in [0.4, 0.5) is 5.69 Å². The van der Waals surface area contributed by atoms with Gasteiger partial charge in [0.2, 0.25) is 0 Å². The molecule has 1 aliphatic heterocycles. The van der Waals surface area contributed by atoms with Gasteiger partial charge in [0.05, 0.1) is 30.4 Å². The second kappa shape index (κ2) is 10.9. The summed E-state index contributed by atoms with van der Waals surface area (Å²) in [6.07, 6.45) is 3.83. The maximum Gasteiger partial charge on any atom is 0.338 e. The monoisotopic (exact) mass is 486 g/mol. The van der Waals surface area contributed by atoms with Crippen molar-refractivity contribution in [1.82, 2.24) is 4.98 Å². The number of benzene rings is 2. The number of ether oxygens (including phenoxy) is 2. The van der Waals surface area contributed by atoms with Gasteiger partial charge >= 0.3 is 5.97 Å². The van der Waals surface area contributed by atoms with Gasteiger partial charge in [0, 0.05) is 23.6 Å². The second-order valence-corrected chi connectivity index (χ2v) is 8.10. The molecule has 8 heteroatoms. The summed E-state index contributed by atoms with van der Waals surface area (Å²) in [6.45, 7) is 4.49. The van der Waals surface area contributed by atoms with E-state index in [-0.39, 0.29) is 11.3 Å². The van der Waals surface area contributed by atoms with E-state index in [1.165, 1.54) is 4.90 Å². The summed E-state index contributed by atoms with van der Waals surface area (Å²) < 4.78 is 10.7. The van der Waals surface area contributed by atoms with E-state index in [4.69, 9.17) is 9.47 Å². The standard InChI is InChI=1S/C28H26N2O6/c1-3-15-36-28(34)18-10-12-21(13-11-18)30-24(20-8-6-14-29-17-20)23(26(32)27(30)33)25(31)19-7-5-9-22(16-19)35-4-2/h5-14,16-17,24,31H,3-4,15H2,1-2H3/b25-23+. The molecule has 2 aromatic carbocycles. The fraction of sp³-hybridized carbons (Fsp3) is 0.214. The number of rotatable bonds is 8. The number of amides is 1. The molecular formula is C28H26N2O6. The number of aliphatic hydroxyl groups is 1. The van der Waals surface area contributed by atoms with E-state index in [1.54, 1.807) is 73.1 Å². The summed E-state index contributed by atoms with van der Waals surface area (Å²) in [5, 5.41) is 11.2. The van der Waals surface area contributed by atoms with Crippen molar-refractivity contribution in [3.63, 3.8) is 0 Å². The number of aromatic nitrogens is 1. The lowest BCUT2D eigenvalue weighted by Crippen LogP contribution is -2.29. The molecule has 0 aliphatic carbocycles. The molecule has 1 amide bonds. The van der Waals surface area contributed by atoms with E-state index in [2.05, 4.69) is 4.98 Å². The van der Waals surface area contributed by atoms with Gasteiger partial charge in [-0.3, -0.25) is 19.5 Å². The smallest absolute Gasteiger partial charge is 0.338 e. The number of pyridine rings is 1. The molecule has 1 atom stereocenters. The molecule has 0 spiro atoms. The van der Waals surface area contributed by atoms with E-state index in [0.717, 1.165) is 0 Å². The summed E-state index contributed by atoms with van der Waals surface area (Å²) in [7, 11) is 0. The average Bonchev–Trinajstić information content (AvgIpc) is 3.18. The number of anilines is 1. The molecule has 0 saturated carbocycles. The van der Waals surface area contributed by atoms with Crippen LogP contribution in [0, 0.1) is 0 Å². The topological polar surface area (TPSA) is 106 Å². The third kappa shape index (κ3) is 4.84. The molecule has 36 heavy (non-hydrogen) atoms. The zero-order valence-electron chi connectivity index (χ0n) is 20.0. The molecule has 8 nitrogen and oxygen atoms in total. The van der Waals surface area contributed by atoms with Crippen LogP contribution in [-0.2, 0) is 14.3 Å². The molecule has 1 saturated heterocycles. The lowest BCUT2D eigenvalue weighted by Gasteiger charge is -2.25. The summed E-state index contributed by atoms with van der Waals surface area (Å²) in [5.74, 6) is -1.88. The van der Waals surface area contributed by atoms with Gasteiger partial charge in [-0.1, -0.05) is 25.1 Å². The van der Waals surface area contributed by atoms with Crippen molar-refractivity contribution in [2.24, 2.45) is 0 Å². The lowest BCUT2D eigenvalue weighted by molar-refractivity contribution is -0.132. The minimum Gasteiger partial charge on any atom is -0.507 e. The number of ketones is 1. The van der Waals surface area contributed by atoms with Crippen LogP contribution in [0.25, 0.3) is 5.76 Å². The number of Topliss-reactive ketones (excluding diaryl/α,β-unsaturated/α-hetero) is 1. The van der Waals surface area contributed by atoms with Gasteiger partial charge in [0.25, 0.3) is 11.7 Å². The Labute approximate surface area is 208 Å². The van der Waals surface area contributed by atoms with Crippen LogP contribution in [0.5, 0.6) is 5.75 Å². The number of carbonyl (C=O) groups is 3. The maximum atomic E-state index is 13.3. The molecule has 0 bridgehead atoms. The van der Waals surface area contributed by atoms with Crippen LogP contribution < -0.4 is 9.64 Å². The Morgan fingerprint density at radius 2 is 1.81 bits per heavy atom. The van der Waals surface area contributed by atoms with Crippen LogP contribution in [-0.4, -0.2) is 41.0 Å². The highest BCUT2D eigenvalue weighted by Crippen LogP contribution is 2.42. The van der Waals surface area contributed by atoms with Gasteiger partial charge in [-0.05, 0) is 61.4 Å². The highest BCUT2D eigenvalue weighted by molar-refractivity contribution is 6.51. The zero-order chi connectivity index (χ0) is 25.7. The summed E-state index contributed by atoms with van der Waals surface area (Å²) >= 11 is 0. The van der Waals surface area contributed by atoms with E-state index < -0.39 is 23.7 Å². The van der Waals surface area contributed by atoms with Crippen LogP contribution in [0.3, 0.4) is 0 Å². The zero-order valence-corrected chi connectivity index (χ0v) is 20.0. The number of hydrogen-bond acceptors (Lipinski definition) is 7. The maximum absolute atomic E-state index is 13.3. The predicted molar refractivity (Wildman–Crippen MR) is 134 cm³/mol. The third-order valence-corrected chi connectivity index (χ3v) is 5.68. The Kier molecular flexibility index (Phi) is 7.44. The highest BCUT2D eigenvalue weighted by atomic mass is 16.5. The molecular weight excluding hydrogens is 460 g/mol. The largest absolute Gasteiger partial charge is 0.507 e. The second-order valence-electron chi connectivity index (χ2n) is 8.10. The molecule has 4 rings (SSSR count). The van der Waals surface area contributed by atoms with Gasteiger partial charge in [0.1, 0.15) is 11.5 Å². The lowest BCUT2D eigenvalue weighted by atomic mass is 9.96. The van der Waals surface area contributed by atoms with Crippen molar-refractivity contribution in [2.75, 3.05) is 18.1 Å². The van der Waals surface area contributed by atoms with Crippen LogP contribution in [0.2, 0.25) is 0 Å².